The quantitative estimate of drug-likeness (QED) is 0.728. The lowest BCUT2D eigenvalue weighted by Crippen LogP contribution is -2.16. The van der Waals surface area contributed by atoms with Crippen molar-refractivity contribution in [1.29, 1.82) is 0 Å². The molecule has 0 heterocycles. The zero-order valence-electron chi connectivity index (χ0n) is 8.94. The first kappa shape index (κ1) is 11.6. The van der Waals surface area contributed by atoms with Gasteiger partial charge in [-0.1, -0.05) is 31.5 Å². The SMILES string of the molecule is CCCC(Cc1ccccc1N)C(=O)O. The molecule has 0 aliphatic heterocycles. The molecule has 0 aliphatic carbocycles. The molecule has 1 unspecified atom stereocenters. The Kier molecular flexibility index (Phi) is 4.16. The van der Waals surface area contributed by atoms with Gasteiger partial charge in [-0.05, 0) is 24.5 Å². The number of carboxylic acid groups (broad SMARTS) is 1. The Morgan fingerprint density at radius 3 is 2.67 bits per heavy atom. The van der Waals surface area contributed by atoms with Crippen LogP contribution in [0.15, 0.2) is 24.3 Å². The Morgan fingerprint density at radius 1 is 1.47 bits per heavy atom. The minimum Gasteiger partial charge on any atom is -0.481 e. The Hall–Kier alpha value is -1.51. The number of aliphatic carboxylic acids is 1. The van der Waals surface area contributed by atoms with E-state index in [1.807, 2.05) is 25.1 Å². The van der Waals surface area contributed by atoms with Crippen LogP contribution in [0.3, 0.4) is 0 Å². The summed E-state index contributed by atoms with van der Waals surface area (Å²) in [5.41, 5.74) is 7.38. The molecular formula is C12H17NO2. The van der Waals surface area contributed by atoms with Crippen molar-refractivity contribution in [3.63, 3.8) is 0 Å². The van der Waals surface area contributed by atoms with Gasteiger partial charge in [0, 0.05) is 5.69 Å². The van der Waals surface area contributed by atoms with Crippen LogP contribution >= 0.6 is 0 Å². The fraction of sp³-hybridized carbons (Fsp3) is 0.417. The first-order chi connectivity index (χ1) is 7.15. The molecule has 1 aromatic carbocycles. The molecule has 0 aromatic heterocycles. The number of hydrogen-bond acceptors (Lipinski definition) is 2. The number of carbonyl (C=O) groups is 1. The van der Waals surface area contributed by atoms with Gasteiger partial charge in [-0.3, -0.25) is 4.79 Å². The number of rotatable bonds is 5. The summed E-state index contributed by atoms with van der Waals surface area (Å²) in [4.78, 5) is 11.0. The lowest BCUT2D eigenvalue weighted by Gasteiger charge is -2.12. The predicted octanol–water partition coefficient (Wildman–Crippen LogP) is 2.31. The highest BCUT2D eigenvalue weighted by atomic mass is 16.4. The van der Waals surface area contributed by atoms with Crippen LogP contribution in [0.4, 0.5) is 5.69 Å². The fourth-order valence-electron chi connectivity index (χ4n) is 1.65. The predicted molar refractivity (Wildman–Crippen MR) is 60.6 cm³/mol. The van der Waals surface area contributed by atoms with Crippen molar-refractivity contribution < 1.29 is 9.90 Å². The Morgan fingerprint density at radius 2 is 2.13 bits per heavy atom. The molecule has 3 N–H and O–H groups in total. The van der Waals surface area contributed by atoms with Crippen LogP contribution in [0, 0.1) is 5.92 Å². The van der Waals surface area contributed by atoms with Crippen molar-refractivity contribution in [3.05, 3.63) is 29.8 Å². The number of para-hydroxylation sites is 1. The number of nitrogen functional groups attached to an aromatic ring is 1. The van der Waals surface area contributed by atoms with Gasteiger partial charge in [0.1, 0.15) is 0 Å². The summed E-state index contributed by atoms with van der Waals surface area (Å²) in [6, 6.07) is 7.44. The third kappa shape index (κ3) is 3.27. The van der Waals surface area contributed by atoms with Crippen LogP contribution in [-0.4, -0.2) is 11.1 Å². The van der Waals surface area contributed by atoms with Gasteiger partial charge in [0.05, 0.1) is 5.92 Å². The summed E-state index contributed by atoms with van der Waals surface area (Å²) in [5.74, 6) is -1.06. The first-order valence-electron chi connectivity index (χ1n) is 5.21. The van der Waals surface area contributed by atoms with Gasteiger partial charge < -0.3 is 10.8 Å². The summed E-state index contributed by atoms with van der Waals surface area (Å²) in [7, 11) is 0. The molecule has 3 nitrogen and oxygen atoms in total. The van der Waals surface area contributed by atoms with Crippen molar-refractivity contribution in [2.45, 2.75) is 26.2 Å². The van der Waals surface area contributed by atoms with Gasteiger partial charge >= 0.3 is 5.97 Å². The molecule has 0 amide bonds. The molecule has 0 spiro atoms. The molecule has 1 aromatic rings. The van der Waals surface area contributed by atoms with Crippen LogP contribution < -0.4 is 5.73 Å². The molecule has 1 atom stereocenters. The normalized spacial score (nSPS) is 12.3. The van der Waals surface area contributed by atoms with Gasteiger partial charge in [0.2, 0.25) is 0 Å². The lowest BCUT2D eigenvalue weighted by molar-refractivity contribution is -0.141. The minimum atomic E-state index is -0.736. The van der Waals surface area contributed by atoms with Gasteiger partial charge in [-0.15, -0.1) is 0 Å². The minimum absolute atomic E-state index is 0.320. The monoisotopic (exact) mass is 207 g/mol. The molecule has 1 rings (SSSR count). The second-order valence-electron chi connectivity index (χ2n) is 3.73. The van der Waals surface area contributed by atoms with E-state index in [4.69, 9.17) is 10.8 Å². The van der Waals surface area contributed by atoms with Crippen LogP contribution in [-0.2, 0) is 11.2 Å². The second kappa shape index (κ2) is 5.39. The van der Waals surface area contributed by atoms with Gasteiger partial charge in [0.25, 0.3) is 0 Å². The second-order valence-corrected chi connectivity index (χ2v) is 3.73. The van der Waals surface area contributed by atoms with Crippen LogP contribution in [0.5, 0.6) is 0 Å². The summed E-state index contributed by atoms with van der Waals surface area (Å²) in [6.45, 7) is 1.99. The molecule has 3 heteroatoms. The zero-order valence-corrected chi connectivity index (χ0v) is 8.94. The number of benzene rings is 1. The average molecular weight is 207 g/mol. The van der Waals surface area contributed by atoms with E-state index in [0.717, 1.165) is 12.0 Å². The highest BCUT2D eigenvalue weighted by Gasteiger charge is 2.17. The molecule has 0 saturated heterocycles. The molecular weight excluding hydrogens is 190 g/mol. The number of nitrogens with two attached hydrogens (primary N) is 1. The fourth-order valence-corrected chi connectivity index (χ4v) is 1.65. The molecule has 0 bridgehead atoms. The zero-order chi connectivity index (χ0) is 11.3. The number of carboxylic acids is 1. The van der Waals surface area contributed by atoms with Crippen LogP contribution in [0.2, 0.25) is 0 Å². The molecule has 0 saturated carbocycles. The molecule has 0 aliphatic rings. The van der Waals surface area contributed by atoms with Crippen molar-refractivity contribution in [1.82, 2.24) is 0 Å². The highest BCUT2D eigenvalue weighted by Crippen LogP contribution is 2.19. The van der Waals surface area contributed by atoms with Crippen LogP contribution in [0.25, 0.3) is 0 Å². The summed E-state index contributed by atoms with van der Waals surface area (Å²) >= 11 is 0. The maximum Gasteiger partial charge on any atom is 0.306 e. The summed E-state index contributed by atoms with van der Waals surface area (Å²) < 4.78 is 0. The van der Waals surface area contributed by atoms with E-state index < -0.39 is 5.97 Å². The first-order valence-corrected chi connectivity index (χ1v) is 5.21. The molecule has 82 valence electrons. The molecule has 15 heavy (non-hydrogen) atoms. The van der Waals surface area contributed by atoms with Crippen molar-refractivity contribution in [3.8, 4) is 0 Å². The third-order valence-corrected chi connectivity index (χ3v) is 2.51. The van der Waals surface area contributed by atoms with E-state index in [9.17, 15) is 4.79 Å². The van der Waals surface area contributed by atoms with E-state index >= 15 is 0 Å². The Labute approximate surface area is 89.9 Å². The Balaban J connectivity index is 2.74. The van der Waals surface area contributed by atoms with E-state index in [-0.39, 0.29) is 5.92 Å². The van der Waals surface area contributed by atoms with E-state index in [1.54, 1.807) is 6.07 Å². The smallest absolute Gasteiger partial charge is 0.306 e. The van der Waals surface area contributed by atoms with E-state index in [2.05, 4.69) is 0 Å². The molecule has 0 fully saturated rings. The maximum absolute atomic E-state index is 11.0. The van der Waals surface area contributed by atoms with Gasteiger partial charge in [-0.25, -0.2) is 0 Å². The largest absolute Gasteiger partial charge is 0.481 e. The highest BCUT2D eigenvalue weighted by molar-refractivity contribution is 5.70. The standard InChI is InChI=1S/C12H17NO2/c1-2-5-10(12(14)15)8-9-6-3-4-7-11(9)13/h3-4,6-7,10H,2,5,8,13H2,1H3,(H,14,15). The number of anilines is 1. The average Bonchev–Trinajstić information content (AvgIpc) is 2.20. The van der Waals surface area contributed by atoms with Gasteiger partial charge in [-0.2, -0.15) is 0 Å². The van der Waals surface area contributed by atoms with Gasteiger partial charge in [0.15, 0.2) is 0 Å². The van der Waals surface area contributed by atoms with Crippen molar-refractivity contribution in [2.24, 2.45) is 5.92 Å². The van der Waals surface area contributed by atoms with Crippen LogP contribution in [0.1, 0.15) is 25.3 Å². The lowest BCUT2D eigenvalue weighted by atomic mass is 9.94. The molecule has 0 radical (unpaired) electrons. The third-order valence-electron chi connectivity index (χ3n) is 2.51. The van der Waals surface area contributed by atoms with E-state index in [1.165, 1.54) is 0 Å². The Bertz CT molecular complexity index is 336. The topological polar surface area (TPSA) is 63.3 Å². The van der Waals surface area contributed by atoms with E-state index in [0.29, 0.717) is 18.5 Å². The van der Waals surface area contributed by atoms with Crippen molar-refractivity contribution in [2.75, 3.05) is 5.73 Å². The maximum atomic E-state index is 11.0. The summed E-state index contributed by atoms with van der Waals surface area (Å²) in [5, 5.41) is 9.02. The number of hydrogen-bond donors (Lipinski definition) is 2. The van der Waals surface area contributed by atoms with Crippen molar-refractivity contribution >= 4 is 11.7 Å². The summed E-state index contributed by atoms with van der Waals surface area (Å²) in [6.07, 6.45) is 2.10.